The predicted molar refractivity (Wildman–Crippen MR) is 135 cm³/mol. The smallest absolute Gasteiger partial charge is 0.255 e. The molecule has 0 aliphatic carbocycles. The molecule has 3 N–H and O–H groups in total. The molecule has 4 aromatic rings. The van der Waals surface area contributed by atoms with Crippen LogP contribution >= 0.6 is 0 Å². The van der Waals surface area contributed by atoms with Gasteiger partial charge in [-0.15, -0.1) is 0 Å². The number of nitrogens with one attached hydrogen (secondary N) is 3. The van der Waals surface area contributed by atoms with Crippen molar-refractivity contribution in [3.8, 4) is 11.3 Å². The fourth-order valence-electron chi connectivity index (χ4n) is 3.46. The third-order valence-electron chi connectivity index (χ3n) is 5.18. The largest absolute Gasteiger partial charge is 0.368 e. The number of rotatable bonds is 8. The second-order valence-corrected chi connectivity index (χ2v) is 8.32. The van der Waals surface area contributed by atoms with E-state index in [1.807, 2.05) is 45.0 Å². The molecule has 0 aliphatic rings. The molecule has 0 aliphatic heterocycles. The minimum absolute atomic E-state index is 0.224. The van der Waals surface area contributed by atoms with Crippen molar-refractivity contribution in [3.05, 3.63) is 84.1 Å². The number of amides is 1. The van der Waals surface area contributed by atoms with Crippen LogP contribution in [0, 0.1) is 6.92 Å². The number of carbonyl (C=O) groups is 1. The quantitative estimate of drug-likeness (QED) is 0.310. The maximum Gasteiger partial charge on any atom is 0.255 e. The molecule has 178 valence electrons. The summed E-state index contributed by atoms with van der Waals surface area (Å²) in [5, 5.41) is 9.48. The van der Waals surface area contributed by atoms with E-state index in [-0.39, 0.29) is 11.9 Å². The number of halogens is 1. The molecule has 1 amide bonds. The first-order chi connectivity index (χ1) is 16.9. The topological polar surface area (TPSA) is 105 Å². The Morgan fingerprint density at radius 2 is 1.89 bits per heavy atom. The maximum atomic E-state index is 13.0. The molecule has 0 atom stereocenters. The van der Waals surface area contributed by atoms with Crippen LogP contribution in [-0.4, -0.2) is 31.9 Å². The molecule has 2 aromatic carbocycles. The molecule has 0 radical (unpaired) electrons. The average Bonchev–Trinajstić information content (AvgIpc) is 2.86. The van der Waals surface area contributed by atoms with E-state index >= 15 is 0 Å². The number of hydrogen-bond donors (Lipinski definition) is 3. The van der Waals surface area contributed by atoms with E-state index < -0.39 is 6.67 Å². The highest BCUT2D eigenvalue weighted by atomic mass is 19.1. The van der Waals surface area contributed by atoms with Gasteiger partial charge in [0.2, 0.25) is 0 Å². The number of hydrogen-bond acceptors (Lipinski definition) is 7. The van der Waals surface area contributed by atoms with Crippen LogP contribution < -0.4 is 16.0 Å². The van der Waals surface area contributed by atoms with Crippen molar-refractivity contribution in [2.45, 2.75) is 33.5 Å². The van der Waals surface area contributed by atoms with Crippen LogP contribution in [0.4, 0.5) is 27.4 Å². The number of nitrogens with zero attached hydrogens (tertiary/aromatic N) is 4. The van der Waals surface area contributed by atoms with Crippen LogP contribution in [0.3, 0.4) is 0 Å². The van der Waals surface area contributed by atoms with Crippen LogP contribution in [0.1, 0.15) is 35.3 Å². The Morgan fingerprint density at radius 3 is 2.69 bits per heavy atom. The van der Waals surface area contributed by atoms with Crippen LogP contribution in [0.5, 0.6) is 0 Å². The number of alkyl halides is 1. The number of aryl methyl sites for hydroxylation is 1. The second kappa shape index (κ2) is 10.7. The molecule has 9 heteroatoms. The van der Waals surface area contributed by atoms with Crippen LogP contribution in [-0.2, 0) is 6.67 Å². The molecule has 2 aromatic heterocycles. The molecule has 8 nitrogen and oxygen atoms in total. The van der Waals surface area contributed by atoms with Gasteiger partial charge in [-0.1, -0.05) is 18.2 Å². The molecule has 0 saturated carbocycles. The summed E-state index contributed by atoms with van der Waals surface area (Å²) in [6, 6.07) is 14.1. The van der Waals surface area contributed by atoms with Gasteiger partial charge in [0, 0.05) is 35.2 Å². The number of benzene rings is 2. The van der Waals surface area contributed by atoms with Gasteiger partial charge in [0.05, 0.1) is 11.3 Å². The molecule has 0 bridgehead atoms. The number of aromatic nitrogens is 4. The first kappa shape index (κ1) is 23.7. The van der Waals surface area contributed by atoms with Gasteiger partial charge in [-0.05, 0) is 56.2 Å². The third kappa shape index (κ3) is 5.94. The normalized spacial score (nSPS) is 10.8. The summed E-state index contributed by atoms with van der Waals surface area (Å²) in [4.78, 5) is 29.9. The molecule has 0 unspecified atom stereocenters. The molecule has 0 saturated heterocycles. The van der Waals surface area contributed by atoms with Crippen molar-refractivity contribution < 1.29 is 9.18 Å². The van der Waals surface area contributed by atoms with E-state index in [1.54, 1.807) is 30.5 Å². The van der Waals surface area contributed by atoms with Gasteiger partial charge in [0.1, 0.15) is 31.0 Å². The van der Waals surface area contributed by atoms with Gasteiger partial charge < -0.3 is 16.0 Å². The third-order valence-corrected chi connectivity index (χ3v) is 5.18. The monoisotopic (exact) mass is 471 g/mol. The van der Waals surface area contributed by atoms with Crippen LogP contribution in [0.15, 0.2) is 67.4 Å². The van der Waals surface area contributed by atoms with E-state index in [2.05, 4.69) is 35.9 Å². The second-order valence-electron chi connectivity index (χ2n) is 8.32. The zero-order chi connectivity index (χ0) is 24.8. The molecule has 0 spiro atoms. The summed E-state index contributed by atoms with van der Waals surface area (Å²) in [7, 11) is 0. The van der Waals surface area contributed by atoms with E-state index in [0.29, 0.717) is 39.7 Å². The molecular formula is C26H26FN7O. The van der Waals surface area contributed by atoms with Crippen molar-refractivity contribution in [1.82, 2.24) is 19.9 Å². The van der Waals surface area contributed by atoms with Crippen molar-refractivity contribution in [3.63, 3.8) is 0 Å². The summed E-state index contributed by atoms with van der Waals surface area (Å²) in [6.45, 7) is 5.40. The SMILES string of the molecule is Cc1ccc(NC(=O)c2cccc(CF)c2)cc1Nc1ncncc1-c1cc(NC(C)C)ncn1. The summed E-state index contributed by atoms with van der Waals surface area (Å²) in [6.07, 6.45) is 4.64. The van der Waals surface area contributed by atoms with Crippen molar-refractivity contribution >= 4 is 28.9 Å². The highest BCUT2D eigenvalue weighted by Gasteiger charge is 2.13. The fourth-order valence-corrected chi connectivity index (χ4v) is 3.46. The van der Waals surface area contributed by atoms with Crippen molar-refractivity contribution in [2.24, 2.45) is 0 Å². The zero-order valence-corrected chi connectivity index (χ0v) is 19.7. The standard InChI is InChI=1S/C26H26FN7O/c1-16(2)32-24-11-23(29-15-30-24)21-13-28-14-31-25(21)34-22-10-20(8-7-17(22)3)33-26(35)19-6-4-5-18(9-19)12-27/h4-11,13-16H,12H2,1-3H3,(H,33,35)(H,28,31,34)(H,29,30,32). The predicted octanol–water partition coefficient (Wildman–Crippen LogP) is 5.53. The lowest BCUT2D eigenvalue weighted by atomic mass is 10.1. The van der Waals surface area contributed by atoms with E-state index in [1.165, 1.54) is 12.7 Å². The van der Waals surface area contributed by atoms with Crippen molar-refractivity contribution in [1.29, 1.82) is 0 Å². The minimum Gasteiger partial charge on any atom is -0.368 e. The lowest BCUT2D eigenvalue weighted by Crippen LogP contribution is -2.12. The van der Waals surface area contributed by atoms with Gasteiger partial charge in [-0.3, -0.25) is 4.79 Å². The Kier molecular flexibility index (Phi) is 7.25. The summed E-state index contributed by atoms with van der Waals surface area (Å²) in [5.74, 6) is 0.956. The summed E-state index contributed by atoms with van der Waals surface area (Å²) >= 11 is 0. The molecule has 2 heterocycles. The van der Waals surface area contributed by atoms with Crippen molar-refractivity contribution in [2.75, 3.05) is 16.0 Å². The van der Waals surface area contributed by atoms with Crippen LogP contribution in [0.25, 0.3) is 11.3 Å². The maximum absolute atomic E-state index is 13.0. The molecule has 4 rings (SSSR count). The Morgan fingerprint density at radius 1 is 1.03 bits per heavy atom. The highest BCUT2D eigenvalue weighted by Crippen LogP contribution is 2.30. The lowest BCUT2D eigenvalue weighted by molar-refractivity contribution is 0.102. The van der Waals surface area contributed by atoms with E-state index in [4.69, 9.17) is 0 Å². The minimum atomic E-state index is -0.623. The Hall–Kier alpha value is -4.40. The number of carbonyl (C=O) groups excluding carboxylic acids is 1. The fraction of sp³-hybridized carbons (Fsp3) is 0.192. The van der Waals surface area contributed by atoms with E-state index in [9.17, 15) is 9.18 Å². The van der Waals surface area contributed by atoms with Gasteiger partial charge >= 0.3 is 0 Å². The highest BCUT2D eigenvalue weighted by molar-refractivity contribution is 6.04. The molecule has 0 fully saturated rings. The van der Waals surface area contributed by atoms with E-state index in [0.717, 1.165) is 11.3 Å². The van der Waals surface area contributed by atoms with Gasteiger partial charge in [0.15, 0.2) is 0 Å². The Labute approximate surface area is 203 Å². The van der Waals surface area contributed by atoms with Gasteiger partial charge in [0.25, 0.3) is 5.91 Å². The number of anilines is 4. The average molecular weight is 472 g/mol. The zero-order valence-electron chi connectivity index (χ0n) is 19.7. The first-order valence-electron chi connectivity index (χ1n) is 11.2. The Balaban J connectivity index is 1.59. The lowest BCUT2D eigenvalue weighted by Gasteiger charge is -2.15. The van der Waals surface area contributed by atoms with Crippen LogP contribution in [0.2, 0.25) is 0 Å². The van der Waals surface area contributed by atoms with Gasteiger partial charge in [-0.25, -0.2) is 24.3 Å². The molecular weight excluding hydrogens is 445 g/mol. The summed E-state index contributed by atoms with van der Waals surface area (Å²) < 4.78 is 13.0. The molecule has 35 heavy (non-hydrogen) atoms. The van der Waals surface area contributed by atoms with Gasteiger partial charge in [-0.2, -0.15) is 0 Å². The summed E-state index contributed by atoms with van der Waals surface area (Å²) in [5.41, 5.74) is 4.53. The first-order valence-corrected chi connectivity index (χ1v) is 11.2. The Bertz CT molecular complexity index is 1340.